The van der Waals surface area contributed by atoms with Crippen LogP contribution in [0, 0.1) is 5.41 Å². The lowest BCUT2D eigenvalue weighted by molar-refractivity contribution is -0.155. The fourth-order valence-corrected chi connectivity index (χ4v) is 4.85. The number of hydrogen-bond acceptors (Lipinski definition) is 3. The van der Waals surface area contributed by atoms with Crippen molar-refractivity contribution in [2.75, 3.05) is 7.11 Å². The Morgan fingerprint density at radius 3 is 2.44 bits per heavy atom. The van der Waals surface area contributed by atoms with Gasteiger partial charge >= 0.3 is 0 Å². The molecule has 0 amide bonds. The third kappa shape index (κ3) is 1.45. The van der Waals surface area contributed by atoms with Gasteiger partial charge in [-0.3, -0.25) is 0 Å². The van der Waals surface area contributed by atoms with E-state index < -0.39 is 10.0 Å². The Bertz CT molecular complexity index is 384. The molecule has 3 saturated carbocycles. The van der Waals surface area contributed by atoms with Crippen LogP contribution in [0.3, 0.4) is 0 Å². The van der Waals surface area contributed by atoms with E-state index in [-0.39, 0.29) is 22.8 Å². The normalized spacial score (nSPS) is 36.8. The van der Waals surface area contributed by atoms with Crippen molar-refractivity contribution in [1.82, 2.24) is 4.72 Å². The van der Waals surface area contributed by atoms with Gasteiger partial charge in [0, 0.05) is 18.6 Å². The van der Waals surface area contributed by atoms with Crippen LogP contribution in [0.15, 0.2) is 0 Å². The summed E-state index contributed by atoms with van der Waals surface area (Å²) in [6, 6.07) is 0.136. The summed E-state index contributed by atoms with van der Waals surface area (Å²) in [5.74, 6) is 0. The largest absolute Gasteiger partial charge is 0.381 e. The molecule has 0 aromatic rings. The Morgan fingerprint density at radius 1 is 1.31 bits per heavy atom. The maximum atomic E-state index is 11.9. The summed E-state index contributed by atoms with van der Waals surface area (Å²) in [6.45, 7) is 0. The fourth-order valence-electron chi connectivity index (χ4n) is 3.17. The van der Waals surface area contributed by atoms with Gasteiger partial charge in [0.05, 0.1) is 11.4 Å². The predicted molar refractivity (Wildman–Crippen MR) is 60.6 cm³/mol. The van der Waals surface area contributed by atoms with Gasteiger partial charge in [-0.15, -0.1) is 0 Å². The molecular formula is C11H19NO3S. The minimum absolute atomic E-state index is 0.105. The molecule has 3 aliphatic carbocycles. The number of nitrogens with one attached hydrogen (secondary N) is 1. The van der Waals surface area contributed by atoms with Crippen LogP contribution >= 0.6 is 0 Å². The van der Waals surface area contributed by atoms with Gasteiger partial charge in [-0.25, -0.2) is 13.1 Å². The summed E-state index contributed by atoms with van der Waals surface area (Å²) in [5, 5.41) is -0.105. The van der Waals surface area contributed by atoms with Gasteiger partial charge in [0.1, 0.15) is 0 Å². The first kappa shape index (κ1) is 11.0. The number of ether oxygens (including phenoxy) is 1. The van der Waals surface area contributed by atoms with Crippen molar-refractivity contribution >= 4 is 10.0 Å². The Hall–Kier alpha value is -0.130. The molecule has 0 bridgehead atoms. The van der Waals surface area contributed by atoms with Gasteiger partial charge in [-0.2, -0.15) is 0 Å². The van der Waals surface area contributed by atoms with Crippen molar-refractivity contribution in [2.45, 2.75) is 55.9 Å². The van der Waals surface area contributed by atoms with E-state index in [0.29, 0.717) is 0 Å². The zero-order chi connectivity index (χ0) is 11.4. The van der Waals surface area contributed by atoms with E-state index in [1.54, 1.807) is 7.11 Å². The van der Waals surface area contributed by atoms with Crippen LogP contribution in [0.2, 0.25) is 0 Å². The summed E-state index contributed by atoms with van der Waals surface area (Å²) in [5.41, 5.74) is 0.136. The molecule has 0 radical (unpaired) electrons. The number of hydrogen-bond donors (Lipinski definition) is 1. The molecule has 3 aliphatic rings. The van der Waals surface area contributed by atoms with E-state index in [4.69, 9.17) is 4.74 Å². The van der Waals surface area contributed by atoms with Crippen LogP contribution in [0.25, 0.3) is 0 Å². The average molecular weight is 245 g/mol. The van der Waals surface area contributed by atoms with Crippen LogP contribution in [0.4, 0.5) is 0 Å². The highest BCUT2D eigenvalue weighted by atomic mass is 32.2. The molecular weight excluding hydrogens is 226 g/mol. The first-order valence-electron chi connectivity index (χ1n) is 6.12. The van der Waals surface area contributed by atoms with Gasteiger partial charge < -0.3 is 4.74 Å². The third-order valence-corrected chi connectivity index (χ3v) is 6.59. The molecule has 92 valence electrons. The first-order valence-corrected chi connectivity index (χ1v) is 7.67. The van der Waals surface area contributed by atoms with Gasteiger partial charge in [0.25, 0.3) is 0 Å². The Kier molecular flexibility index (Phi) is 2.36. The molecule has 1 spiro atoms. The topological polar surface area (TPSA) is 55.4 Å². The highest BCUT2D eigenvalue weighted by Crippen LogP contribution is 2.57. The maximum Gasteiger partial charge on any atom is 0.214 e. The summed E-state index contributed by atoms with van der Waals surface area (Å²) < 4.78 is 32.1. The van der Waals surface area contributed by atoms with Crippen molar-refractivity contribution in [3.8, 4) is 0 Å². The van der Waals surface area contributed by atoms with Gasteiger partial charge in [0.15, 0.2) is 0 Å². The molecule has 0 heterocycles. The van der Waals surface area contributed by atoms with Crippen molar-refractivity contribution in [3.05, 3.63) is 0 Å². The quantitative estimate of drug-likeness (QED) is 0.804. The Balaban J connectivity index is 1.68. The molecule has 0 aromatic carbocycles. The summed E-state index contributed by atoms with van der Waals surface area (Å²) >= 11 is 0. The van der Waals surface area contributed by atoms with E-state index in [1.165, 1.54) is 6.42 Å². The van der Waals surface area contributed by atoms with Crippen molar-refractivity contribution in [1.29, 1.82) is 0 Å². The number of rotatable bonds is 4. The Labute approximate surface area is 96.8 Å². The highest BCUT2D eigenvalue weighted by Gasteiger charge is 2.60. The van der Waals surface area contributed by atoms with E-state index in [1.807, 2.05) is 0 Å². The van der Waals surface area contributed by atoms with E-state index in [0.717, 1.165) is 32.1 Å². The smallest absolute Gasteiger partial charge is 0.214 e. The molecule has 0 aliphatic heterocycles. The van der Waals surface area contributed by atoms with Crippen LogP contribution in [0.5, 0.6) is 0 Å². The summed E-state index contributed by atoms with van der Waals surface area (Å²) in [4.78, 5) is 0. The standard InChI is InChI=1S/C11H19NO3S/c1-15-10-7-9(11(10)5-2-6-11)12-16(13,14)8-3-4-8/h8-10,12H,2-7H2,1H3/t9-,10-/m1/s1. The van der Waals surface area contributed by atoms with E-state index in [9.17, 15) is 8.42 Å². The van der Waals surface area contributed by atoms with E-state index >= 15 is 0 Å². The van der Waals surface area contributed by atoms with Crippen LogP contribution in [-0.4, -0.2) is 32.9 Å². The summed E-state index contributed by atoms with van der Waals surface area (Å²) in [7, 11) is -1.30. The lowest BCUT2D eigenvalue weighted by Gasteiger charge is -2.60. The molecule has 16 heavy (non-hydrogen) atoms. The Morgan fingerprint density at radius 2 is 2.00 bits per heavy atom. The van der Waals surface area contributed by atoms with Crippen LogP contribution < -0.4 is 4.72 Å². The molecule has 0 aromatic heterocycles. The summed E-state index contributed by atoms with van der Waals surface area (Å²) in [6.07, 6.45) is 6.23. The lowest BCUT2D eigenvalue weighted by atomic mass is 9.51. The van der Waals surface area contributed by atoms with Crippen molar-refractivity contribution in [2.24, 2.45) is 5.41 Å². The van der Waals surface area contributed by atoms with Crippen LogP contribution in [-0.2, 0) is 14.8 Å². The molecule has 3 fully saturated rings. The number of methoxy groups -OCH3 is 1. The highest BCUT2D eigenvalue weighted by molar-refractivity contribution is 7.90. The van der Waals surface area contributed by atoms with Crippen molar-refractivity contribution < 1.29 is 13.2 Å². The molecule has 1 N–H and O–H groups in total. The fraction of sp³-hybridized carbons (Fsp3) is 1.00. The minimum atomic E-state index is -3.03. The molecule has 4 nitrogen and oxygen atoms in total. The minimum Gasteiger partial charge on any atom is -0.381 e. The van der Waals surface area contributed by atoms with Gasteiger partial charge in [-0.1, -0.05) is 6.42 Å². The molecule has 0 unspecified atom stereocenters. The third-order valence-electron chi connectivity index (χ3n) is 4.62. The molecule has 3 rings (SSSR count). The average Bonchev–Trinajstić information content (AvgIpc) is 2.91. The lowest BCUT2D eigenvalue weighted by Crippen LogP contribution is -2.67. The first-order chi connectivity index (χ1) is 7.58. The monoisotopic (exact) mass is 245 g/mol. The van der Waals surface area contributed by atoms with Gasteiger partial charge in [-0.05, 0) is 32.1 Å². The second-order valence-corrected chi connectivity index (χ2v) is 7.45. The number of sulfonamides is 1. The molecule has 2 atom stereocenters. The predicted octanol–water partition coefficient (Wildman–Crippen LogP) is 1.03. The zero-order valence-corrected chi connectivity index (χ0v) is 10.4. The van der Waals surface area contributed by atoms with E-state index in [2.05, 4.69) is 4.72 Å². The molecule has 0 saturated heterocycles. The second-order valence-electron chi connectivity index (χ2n) is 5.46. The zero-order valence-electron chi connectivity index (χ0n) is 9.61. The van der Waals surface area contributed by atoms with Crippen LogP contribution in [0.1, 0.15) is 38.5 Å². The van der Waals surface area contributed by atoms with Gasteiger partial charge in [0.2, 0.25) is 10.0 Å². The van der Waals surface area contributed by atoms with Crippen molar-refractivity contribution in [3.63, 3.8) is 0 Å². The SMILES string of the molecule is CO[C@@H]1C[C@@H](NS(=O)(=O)C2CC2)C12CCC2. The molecule has 5 heteroatoms. The second kappa shape index (κ2) is 3.43. The maximum absolute atomic E-state index is 11.9.